The minimum atomic E-state index is -3.82. The van der Waals surface area contributed by atoms with Crippen molar-refractivity contribution < 1.29 is 8.42 Å². The molecule has 0 bridgehead atoms. The molecule has 1 N–H and O–H groups in total. The number of aryl methyl sites for hydroxylation is 1. The van der Waals surface area contributed by atoms with E-state index in [2.05, 4.69) is 15.1 Å². The first-order chi connectivity index (χ1) is 13.5. The van der Waals surface area contributed by atoms with Gasteiger partial charge in [0.15, 0.2) is 0 Å². The van der Waals surface area contributed by atoms with Crippen LogP contribution in [0.4, 0.5) is 0 Å². The molecule has 3 aromatic carbocycles. The molecule has 140 valence electrons. The second-order valence-corrected chi connectivity index (χ2v) is 8.00. The number of nitrogens with zero attached hydrogens (tertiary/aromatic N) is 3. The molecule has 7 heteroatoms. The molecular weight excluding hydrogens is 372 g/mol. The molecule has 6 nitrogen and oxygen atoms in total. The smallest absolute Gasteiger partial charge is 0.200 e. The summed E-state index contributed by atoms with van der Waals surface area (Å²) < 4.78 is 25.7. The maximum atomic E-state index is 12.8. The third-order valence-corrected chi connectivity index (χ3v) is 5.61. The average Bonchev–Trinajstić information content (AvgIpc) is 3.12. The Morgan fingerprint density at radius 1 is 0.786 bits per heavy atom. The zero-order chi connectivity index (χ0) is 19.6. The van der Waals surface area contributed by atoms with E-state index >= 15 is 0 Å². The number of benzene rings is 3. The lowest BCUT2D eigenvalue weighted by Crippen LogP contribution is -2.25. The summed E-state index contributed by atoms with van der Waals surface area (Å²) in [5, 5.41) is 8.31. The minimum Gasteiger partial charge on any atom is -0.200 e. The Morgan fingerprint density at radius 3 is 1.96 bits per heavy atom. The number of hydrogen-bond donors (Lipinski definition) is 1. The molecule has 0 aliphatic rings. The standard InChI is InChI=1S/C21H18N4O2S/c1-16-12-14-19(15-13-16)28(26,27)24-25-21(18-10-6-3-7-11-18)20(22-23-25)17-8-4-2-5-9-17/h2-15,24H,1H3. The van der Waals surface area contributed by atoms with Gasteiger partial charge in [-0.05, 0) is 24.3 Å². The van der Waals surface area contributed by atoms with Crippen molar-refractivity contribution in [2.24, 2.45) is 0 Å². The summed E-state index contributed by atoms with van der Waals surface area (Å²) in [4.78, 5) is 3.90. The molecule has 0 saturated carbocycles. The van der Waals surface area contributed by atoms with E-state index in [9.17, 15) is 8.42 Å². The van der Waals surface area contributed by atoms with Crippen LogP contribution in [0.2, 0.25) is 0 Å². The number of nitrogens with one attached hydrogen (secondary N) is 1. The molecule has 0 aliphatic carbocycles. The van der Waals surface area contributed by atoms with Gasteiger partial charge in [-0.25, -0.2) is 0 Å². The number of rotatable bonds is 5. The molecule has 0 radical (unpaired) electrons. The van der Waals surface area contributed by atoms with Gasteiger partial charge in [0, 0.05) is 11.1 Å². The topological polar surface area (TPSA) is 76.9 Å². The molecular formula is C21H18N4O2S. The number of hydrogen-bond acceptors (Lipinski definition) is 4. The van der Waals surface area contributed by atoms with Gasteiger partial charge in [0.1, 0.15) is 11.4 Å². The van der Waals surface area contributed by atoms with Gasteiger partial charge in [-0.15, -0.1) is 9.89 Å². The maximum Gasteiger partial charge on any atom is 0.276 e. The molecule has 0 saturated heterocycles. The molecule has 0 unspecified atom stereocenters. The van der Waals surface area contributed by atoms with Crippen molar-refractivity contribution in [3.63, 3.8) is 0 Å². The van der Waals surface area contributed by atoms with Crippen LogP contribution in [-0.2, 0) is 10.0 Å². The molecule has 0 fully saturated rings. The zero-order valence-corrected chi connectivity index (χ0v) is 16.0. The first-order valence-corrected chi connectivity index (χ1v) is 10.2. The average molecular weight is 390 g/mol. The highest BCUT2D eigenvalue weighted by molar-refractivity contribution is 7.92. The molecule has 0 spiro atoms. The van der Waals surface area contributed by atoms with Crippen LogP contribution < -0.4 is 4.83 Å². The highest BCUT2D eigenvalue weighted by atomic mass is 32.2. The highest BCUT2D eigenvalue weighted by Gasteiger charge is 2.21. The van der Waals surface area contributed by atoms with E-state index in [0.29, 0.717) is 11.4 Å². The van der Waals surface area contributed by atoms with Crippen molar-refractivity contribution in [1.82, 2.24) is 15.1 Å². The van der Waals surface area contributed by atoms with Crippen molar-refractivity contribution >= 4 is 10.0 Å². The molecule has 1 aromatic heterocycles. The van der Waals surface area contributed by atoms with E-state index in [1.54, 1.807) is 24.3 Å². The Kier molecular flexibility index (Phi) is 4.67. The van der Waals surface area contributed by atoms with Crippen molar-refractivity contribution in [1.29, 1.82) is 0 Å². The van der Waals surface area contributed by atoms with E-state index in [1.165, 1.54) is 4.79 Å². The third kappa shape index (κ3) is 3.52. The van der Waals surface area contributed by atoms with Crippen LogP contribution in [0.5, 0.6) is 0 Å². The lowest BCUT2D eigenvalue weighted by atomic mass is 10.1. The van der Waals surface area contributed by atoms with Crippen molar-refractivity contribution in [2.75, 3.05) is 4.83 Å². The summed E-state index contributed by atoms with van der Waals surface area (Å²) in [5.74, 6) is 0. The summed E-state index contributed by atoms with van der Waals surface area (Å²) >= 11 is 0. The fourth-order valence-electron chi connectivity index (χ4n) is 2.88. The van der Waals surface area contributed by atoms with Crippen LogP contribution in [0.3, 0.4) is 0 Å². The molecule has 1 heterocycles. The van der Waals surface area contributed by atoms with Crippen molar-refractivity contribution in [3.8, 4) is 22.5 Å². The fourth-order valence-corrected chi connectivity index (χ4v) is 3.83. The summed E-state index contributed by atoms with van der Waals surface area (Å²) in [5.41, 5.74) is 3.80. The van der Waals surface area contributed by atoms with Gasteiger partial charge in [0.25, 0.3) is 10.0 Å². The van der Waals surface area contributed by atoms with Gasteiger partial charge in [0.05, 0.1) is 4.90 Å². The fraction of sp³-hybridized carbons (Fsp3) is 0.0476. The van der Waals surface area contributed by atoms with Gasteiger partial charge >= 0.3 is 0 Å². The summed E-state index contributed by atoms with van der Waals surface area (Å²) in [7, 11) is -3.82. The highest BCUT2D eigenvalue weighted by Crippen LogP contribution is 2.29. The lowest BCUT2D eigenvalue weighted by molar-refractivity contribution is 0.590. The van der Waals surface area contributed by atoms with Gasteiger partial charge in [-0.3, -0.25) is 0 Å². The van der Waals surface area contributed by atoms with E-state index in [-0.39, 0.29) is 4.90 Å². The second-order valence-electron chi connectivity index (χ2n) is 6.34. The van der Waals surface area contributed by atoms with Crippen LogP contribution in [0.15, 0.2) is 89.8 Å². The Labute approximate surface area is 163 Å². The summed E-state index contributed by atoms with van der Waals surface area (Å²) in [6, 6.07) is 25.6. The second kappa shape index (κ2) is 7.28. The van der Waals surface area contributed by atoms with Gasteiger partial charge in [0.2, 0.25) is 0 Å². The number of aromatic nitrogens is 3. The zero-order valence-electron chi connectivity index (χ0n) is 15.1. The monoisotopic (exact) mass is 390 g/mol. The van der Waals surface area contributed by atoms with Crippen molar-refractivity contribution in [2.45, 2.75) is 11.8 Å². The van der Waals surface area contributed by atoms with E-state index in [0.717, 1.165) is 16.7 Å². The summed E-state index contributed by atoms with van der Waals surface area (Å²) in [6.45, 7) is 1.90. The molecule has 4 rings (SSSR count). The maximum absolute atomic E-state index is 12.8. The Bertz CT molecular complexity index is 1190. The normalized spacial score (nSPS) is 11.3. The van der Waals surface area contributed by atoms with Crippen LogP contribution in [0.1, 0.15) is 5.56 Å². The first kappa shape index (κ1) is 17.9. The SMILES string of the molecule is Cc1ccc(S(=O)(=O)Nn2nnc(-c3ccccc3)c2-c2ccccc2)cc1. The van der Waals surface area contributed by atoms with Gasteiger partial charge in [-0.2, -0.15) is 13.2 Å². The summed E-state index contributed by atoms with van der Waals surface area (Å²) in [6.07, 6.45) is 0. The Balaban J connectivity index is 1.82. The molecule has 4 aromatic rings. The van der Waals surface area contributed by atoms with Crippen LogP contribution in [0, 0.1) is 6.92 Å². The van der Waals surface area contributed by atoms with E-state index < -0.39 is 10.0 Å². The van der Waals surface area contributed by atoms with Crippen LogP contribution in [0.25, 0.3) is 22.5 Å². The molecule has 28 heavy (non-hydrogen) atoms. The van der Waals surface area contributed by atoms with Gasteiger partial charge < -0.3 is 0 Å². The number of sulfonamides is 1. The third-order valence-electron chi connectivity index (χ3n) is 4.30. The molecule has 0 amide bonds. The largest absolute Gasteiger partial charge is 0.276 e. The van der Waals surface area contributed by atoms with Crippen LogP contribution in [-0.4, -0.2) is 23.5 Å². The molecule has 0 aliphatic heterocycles. The molecule has 0 atom stereocenters. The Hall–Kier alpha value is -3.45. The van der Waals surface area contributed by atoms with E-state index in [1.807, 2.05) is 67.6 Å². The first-order valence-electron chi connectivity index (χ1n) is 8.71. The van der Waals surface area contributed by atoms with Crippen molar-refractivity contribution in [3.05, 3.63) is 90.5 Å². The van der Waals surface area contributed by atoms with Crippen LogP contribution >= 0.6 is 0 Å². The Morgan fingerprint density at radius 2 is 1.36 bits per heavy atom. The van der Waals surface area contributed by atoms with E-state index in [4.69, 9.17) is 0 Å². The predicted octanol–water partition coefficient (Wildman–Crippen LogP) is 3.85. The minimum absolute atomic E-state index is 0.161. The van der Waals surface area contributed by atoms with Gasteiger partial charge in [-0.1, -0.05) is 78.4 Å². The lowest BCUT2D eigenvalue weighted by Gasteiger charge is -2.11. The predicted molar refractivity (Wildman–Crippen MR) is 109 cm³/mol. The quantitative estimate of drug-likeness (QED) is 0.561.